The van der Waals surface area contributed by atoms with E-state index in [1.54, 1.807) is 12.1 Å². The normalized spacial score (nSPS) is 22.1. The highest BCUT2D eigenvalue weighted by Gasteiger charge is 2.40. The summed E-state index contributed by atoms with van der Waals surface area (Å²) in [4.78, 5) is 22.9. The number of nitrogens with one attached hydrogen (secondary N) is 1. The summed E-state index contributed by atoms with van der Waals surface area (Å²) < 4.78 is 13.5. The summed E-state index contributed by atoms with van der Waals surface area (Å²) in [6.07, 6.45) is 1.25. The minimum Gasteiger partial charge on any atom is -0.369 e. The van der Waals surface area contributed by atoms with Crippen molar-refractivity contribution in [2.45, 2.75) is 19.8 Å². The lowest BCUT2D eigenvalue weighted by molar-refractivity contribution is -0.135. The van der Waals surface area contributed by atoms with Gasteiger partial charge in [-0.25, -0.2) is 4.39 Å². The minimum absolute atomic E-state index is 0.148. The van der Waals surface area contributed by atoms with E-state index in [0.717, 1.165) is 5.56 Å². The molecule has 1 aromatic carbocycles. The Bertz CT molecular complexity index is 502. The van der Waals surface area contributed by atoms with Gasteiger partial charge in [-0.15, -0.1) is 0 Å². The Labute approximate surface area is 104 Å². The van der Waals surface area contributed by atoms with E-state index in [4.69, 9.17) is 5.73 Å². The van der Waals surface area contributed by atoms with E-state index in [2.05, 4.69) is 5.32 Å². The monoisotopic (exact) mass is 250 g/mol. The van der Waals surface area contributed by atoms with Crippen molar-refractivity contribution >= 4 is 17.5 Å². The Morgan fingerprint density at radius 3 is 2.56 bits per heavy atom. The van der Waals surface area contributed by atoms with Gasteiger partial charge in [-0.3, -0.25) is 9.59 Å². The molecule has 0 bridgehead atoms. The highest BCUT2D eigenvalue weighted by molar-refractivity contribution is 5.97. The molecular weight excluding hydrogens is 235 g/mol. The molecule has 0 radical (unpaired) electrons. The molecule has 1 saturated carbocycles. The van der Waals surface area contributed by atoms with Gasteiger partial charge in [0.2, 0.25) is 11.8 Å². The second kappa shape index (κ2) is 4.76. The Morgan fingerprint density at radius 2 is 2.00 bits per heavy atom. The molecule has 2 rings (SSSR count). The van der Waals surface area contributed by atoms with Crippen LogP contribution in [0, 0.1) is 24.6 Å². The highest BCUT2D eigenvalue weighted by atomic mass is 19.1. The Hall–Kier alpha value is -1.91. The average Bonchev–Trinajstić information content (AvgIpc) is 2.20. The lowest BCUT2D eigenvalue weighted by Crippen LogP contribution is -2.43. The van der Waals surface area contributed by atoms with Crippen LogP contribution in [-0.4, -0.2) is 11.8 Å². The maximum atomic E-state index is 13.5. The minimum atomic E-state index is -0.483. The van der Waals surface area contributed by atoms with E-state index >= 15 is 0 Å². The van der Waals surface area contributed by atoms with E-state index in [1.165, 1.54) is 6.07 Å². The molecule has 0 spiro atoms. The SMILES string of the molecule is Cc1ccc(F)c(NC(=O)[C@H]2CC[C@H]2C(N)=O)c1. The van der Waals surface area contributed by atoms with Gasteiger partial charge in [0.1, 0.15) is 5.82 Å². The van der Waals surface area contributed by atoms with Crippen LogP contribution < -0.4 is 11.1 Å². The molecule has 96 valence electrons. The number of halogens is 1. The van der Waals surface area contributed by atoms with Gasteiger partial charge in [-0.05, 0) is 37.5 Å². The number of primary amides is 1. The Morgan fingerprint density at radius 1 is 1.33 bits per heavy atom. The molecule has 1 aromatic rings. The van der Waals surface area contributed by atoms with Crippen LogP contribution in [0.5, 0.6) is 0 Å². The molecule has 0 unspecified atom stereocenters. The van der Waals surface area contributed by atoms with E-state index < -0.39 is 23.6 Å². The van der Waals surface area contributed by atoms with Crippen molar-refractivity contribution in [3.05, 3.63) is 29.6 Å². The number of hydrogen-bond donors (Lipinski definition) is 2. The van der Waals surface area contributed by atoms with Crippen LogP contribution in [0.15, 0.2) is 18.2 Å². The largest absolute Gasteiger partial charge is 0.369 e. The van der Waals surface area contributed by atoms with Crippen LogP contribution >= 0.6 is 0 Å². The summed E-state index contributed by atoms with van der Waals surface area (Å²) in [5.41, 5.74) is 6.18. The predicted octanol–water partition coefficient (Wildman–Crippen LogP) is 1.58. The molecule has 0 aromatic heterocycles. The first-order valence-electron chi connectivity index (χ1n) is 5.85. The fraction of sp³-hybridized carbons (Fsp3) is 0.385. The molecule has 0 aliphatic heterocycles. The third-order valence-electron chi connectivity index (χ3n) is 3.36. The van der Waals surface area contributed by atoms with Gasteiger partial charge in [0, 0.05) is 11.8 Å². The zero-order valence-electron chi connectivity index (χ0n) is 10.1. The smallest absolute Gasteiger partial charge is 0.228 e. The molecule has 1 aliphatic rings. The first-order chi connectivity index (χ1) is 8.49. The molecule has 0 heterocycles. The first kappa shape index (κ1) is 12.5. The number of amides is 2. The maximum Gasteiger partial charge on any atom is 0.228 e. The van der Waals surface area contributed by atoms with E-state index in [1.807, 2.05) is 6.92 Å². The van der Waals surface area contributed by atoms with Crippen LogP contribution in [0.2, 0.25) is 0 Å². The molecule has 1 fully saturated rings. The van der Waals surface area contributed by atoms with E-state index in [-0.39, 0.29) is 11.6 Å². The Kier molecular flexibility index (Phi) is 3.32. The molecule has 5 heteroatoms. The lowest BCUT2D eigenvalue weighted by Gasteiger charge is -2.32. The van der Waals surface area contributed by atoms with Crippen molar-refractivity contribution in [1.82, 2.24) is 0 Å². The number of rotatable bonds is 3. The predicted molar refractivity (Wildman–Crippen MR) is 65.2 cm³/mol. The van der Waals surface area contributed by atoms with Crippen LogP contribution in [-0.2, 0) is 9.59 Å². The third kappa shape index (κ3) is 2.34. The zero-order valence-corrected chi connectivity index (χ0v) is 10.1. The molecule has 2 atom stereocenters. The summed E-state index contributed by atoms with van der Waals surface area (Å²) in [6.45, 7) is 1.81. The van der Waals surface area contributed by atoms with Gasteiger partial charge in [0.15, 0.2) is 0 Å². The molecule has 1 aliphatic carbocycles. The second-order valence-corrected chi connectivity index (χ2v) is 4.67. The van der Waals surface area contributed by atoms with Crippen LogP contribution in [0.4, 0.5) is 10.1 Å². The number of anilines is 1. The summed E-state index contributed by atoms with van der Waals surface area (Å²) >= 11 is 0. The van der Waals surface area contributed by atoms with Crippen LogP contribution in [0.3, 0.4) is 0 Å². The maximum absolute atomic E-state index is 13.5. The summed E-state index contributed by atoms with van der Waals surface area (Å²) in [5, 5.41) is 2.52. The second-order valence-electron chi connectivity index (χ2n) is 4.67. The van der Waals surface area contributed by atoms with Crippen molar-refractivity contribution in [3.8, 4) is 0 Å². The molecule has 4 nitrogen and oxygen atoms in total. The van der Waals surface area contributed by atoms with Gasteiger partial charge in [0.25, 0.3) is 0 Å². The van der Waals surface area contributed by atoms with E-state index in [9.17, 15) is 14.0 Å². The quantitative estimate of drug-likeness (QED) is 0.855. The molecule has 18 heavy (non-hydrogen) atoms. The van der Waals surface area contributed by atoms with Crippen molar-refractivity contribution in [2.24, 2.45) is 17.6 Å². The molecular formula is C13H15FN2O2. The van der Waals surface area contributed by atoms with Crippen LogP contribution in [0.25, 0.3) is 0 Å². The van der Waals surface area contributed by atoms with Crippen molar-refractivity contribution in [1.29, 1.82) is 0 Å². The van der Waals surface area contributed by atoms with Crippen molar-refractivity contribution < 1.29 is 14.0 Å². The zero-order chi connectivity index (χ0) is 13.3. The molecule has 3 N–H and O–H groups in total. The number of benzene rings is 1. The van der Waals surface area contributed by atoms with Crippen molar-refractivity contribution in [2.75, 3.05) is 5.32 Å². The number of hydrogen-bond acceptors (Lipinski definition) is 2. The fourth-order valence-corrected chi connectivity index (χ4v) is 2.11. The first-order valence-corrected chi connectivity index (χ1v) is 5.85. The fourth-order valence-electron chi connectivity index (χ4n) is 2.11. The number of carbonyl (C=O) groups is 2. The van der Waals surface area contributed by atoms with Gasteiger partial charge in [-0.2, -0.15) is 0 Å². The van der Waals surface area contributed by atoms with Gasteiger partial charge in [0.05, 0.1) is 5.69 Å². The van der Waals surface area contributed by atoms with Gasteiger partial charge >= 0.3 is 0 Å². The topological polar surface area (TPSA) is 72.2 Å². The van der Waals surface area contributed by atoms with Gasteiger partial charge < -0.3 is 11.1 Å². The van der Waals surface area contributed by atoms with Crippen molar-refractivity contribution in [3.63, 3.8) is 0 Å². The van der Waals surface area contributed by atoms with Gasteiger partial charge in [-0.1, -0.05) is 6.07 Å². The number of carbonyl (C=O) groups excluding carboxylic acids is 2. The molecule has 0 saturated heterocycles. The highest BCUT2D eigenvalue weighted by Crippen LogP contribution is 2.35. The van der Waals surface area contributed by atoms with Crippen LogP contribution in [0.1, 0.15) is 18.4 Å². The number of nitrogens with two attached hydrogens (primary N) is 1. The molecule has 2 amide bonds. The lowest BCUT2D eigenvalue weighted by atomic mass is 9.72. The Balaban J connectivity index is 2.08. The summed E-state index contributed by atoms with van der Waals surface area (Å²) in [5.74, 6) is -2.13. The van der Waals surface area contributed by atoms with E-state index in [0.29, 0.717) is 12.8 Å². The number of aryl methyl sites for hydroxylation is 1. The standard InChI is InChI=1S/C13H15FN2O2/c1-7-2-5-10(14)11(6-7)16-13(18)9-4-3-8(9)12(15)17/h2,5-6,8-9H,3-4H2,1H3,(H2,15,17)(H,16,18)/t8-,9+/m1/s1. The summed E-state index contributed by atoms with van der Waals surface area (Å²) in [7, 11) is 0. The summed E-state index contributed by atoms with van der Waals surface area (Å²) in [6, 6.07) is 4.49. The average molecular weight is 250 g/mol. The third-order valence-corrected chi connectivity index (χ3v) is 3.36.